The first-order valence-corrected chi connectivity index (χ1v) is 12.9. The molecular formula is C28H43BO2. The highest BCUT2D eigenvalue weighted by Gasteiger charge is 2.63. The van der Waals surface area contributed by atoms with Gasteiger partial charge in [-0.1, -0.05) is 66.5 Å². The molecule has 0 N–H and O–H groups in total. The summed E-state index contributed by atoms with van der Waals surface area (Å²) < 4.78 is 12.3. The van der Waals surface area contributed by atoms with Crippen molar-refractivity contribution in [2.45, 2.75) is 85.5 Å². The topological polar surface area (TPSA) is 18.5 Å². The summed E-state index contributed by atoms with van der Waals surface area (Å²) >= 11 is 0. The fourth-order valence-electron chi connectivity index (χ4n) is 8.73. The Bertz CT molecular complexity index is 758. The van der Waals surface area contributed by atoms with Crippen LogP contribution in [0, 0.1) is 46.3 Å². The van der Waals surface area contributed by atoms with Crippen LogP contribution in [0.1, 0.15) is 72.8 Å². The molecular weight excluding hydrogens is 379 g/mol. The van der Waals surface area contributed by atoms with Gasteiger partial charge < -0.3 is 9.39 Å². The molecule has 6 aliphatic carbocycles. The van der Waals surface area contributed by atoms with Crippen molar-refractivity contribution < 1.29 is 9.39 Å². The summed E-state index contributed by atoms with van der Waals surface area (Å²) in [6.45, 7) is 16.3. The second kappa shape index (κ2) is 7.54. The molecule has 1 aromatic carbocycles. The van der Waals surface area contributed by atoms with E-state index in [1.54, 1.807) is 7.11 Å². The normalized spacial score (nSPS) is 41.6. The number of ether oxygens (including phenoxy) is 1. The monoisotopic (exact) mass is 422 g/mol. The van der Waals surface area contributed by atoms with Crippen molar-refractivity contribution in [1.29, 1.82) is 0 Å². The van der Waals surface area contributed by atoms with Crippen LogP contribution < -0.4 is 4.74 Å². The zero-order valence-electron chi connectivity index (χ0n) is 20.9. The summed E-state index contributed by atoms with van der Waals surface area (Å²) in [6.07, 6.45) is 5.66. The zero-order chi connectivity index (χ0) is 22.1. The molecule has 6 fully saturated rings. The van der Waals surface area contributed by atoms with Crippen molar-refractivity contribution in [2.75, 3.05) is 7.11 Å². The fraction of sp³-hybridized carbons (Fsp3) is 0.786. The molecule has 0 aliphatic heterocycles. The Kier molecular flexibility index (Phi) is 5.32. The standard InChI is InChI=1S/C28H43BO2/c1-17-23-12-20(27(23,3)4)14-25(17)29(31-16-19-8-10-22(30-7)11-9-19)26-15-21-13-24(18(26)2)28(21,5)6/h8-11,17-18,20-21,23-26H,12-16H2,1-7H3/t17-,18-,20+,21+,23-,24-,25-,26-/m1/s1. The molecule has 8 atom stereocenters. The Morgan fingerprint density at radius 2 is 1.29 bits per heavy atom. The van der Waals surface area contributed by atoms with E-state index >= 15 is 0 Å². The Labute approximate surface area is 191 Å². The van der Waals surface area contributed by atoms with Gasteiger partial charge in [0.1, 0.15) is 5.75 Å². The third-order valence-corrected chi connectivity index (χ3v) is 11.3. The number of methoxy groups -OCH3 is 1. The third-order valence-electron chi connectivity index (χ3n) is 11.3. The van der Waals surface area contributed by atoms with Crippen molar-refractivity contribution >= 4 is 6.92 Å². The van der Waals surface area contributed by atoms with Gasteiger partial charge in [-0.25, -0.2) is 0 Å². The molecule has 3 heteroatoms. The number of rotatable bonds is 6. The van der Waals surface area contributed by atoms with Crippen LogP contribution in [0.3, 0.4) is 0 Å². The minimum atomic E-state index is 0.412. The van der Waals surface area contributed by atoms with Gasteiger partial charge in [-0.15, -0.1) is 0 Å². The number of hydrogen-bond donors (Lipinski definition) is 0. The van der Waals surface area contributed by atoms with Gasteiger partial charge in [0.15, 0.2) is 0 Å². The second-order valence-corrected chi connectivity index (χ2v) is 12.9. The fourth-order valence-corrected chi connectivity index (χ4v) is 8.73. The summed E-state index contributed by atoms with van der Waals surface area (Å²) in [5, 5.41) is 0. The van der Waals surface area contributed by atoms with Crippen LogP contribution in [0.4, 0.5) is 0 Å². The lowest BCUT2D eigenvalue weighted by Gasteiger charge is -2.66. The van der Waals surface area contributed by atoms with Gasteiger partial charge in [0, 0.05) is 0 Å². The molecule has 2 nitrogen and oxygen atoms in total. The Balaban J connectivity index is 1.37. The first-order valence-electron chi connectivity index (χ1n) is 12.9. The average molecular weight is 422 g/mol. The maximum atomic E-state index is 6.95. The molecule has 0 spiro atoms. The summed E-state index contributed by atoms with van der Waals surface area (Å²) in [6, 6.07) is 8.47. The summed E-state index contributed by atoms with van der Waals surface area (Å²) in [5.41, 5.74) is 2.35. The minimum absolute atomic E-state index is 0.412. The molecule has 4 bridgehead atoms. The molecule has 0 amide bonds. The first-order chi connectivity index (χ1) is 14.6. The van der Waals surface area contributed by atoms with E-state index in [0.29, 0.717) is 17.7 Å². The van der Waals surface area contributed by atoms with Crippen LogP contribution in [0.5, 0.6) is 5.75 Å². The van der Waals surface area contributed by atoms with E-state index in [4.69, 9.17) is 9.39 Å². The van der Waals surface area contributed by atoms with E-state index in [1.807, 2.05) is 0 Å². The lowest BCUT2D eigenvalue weighted by atomic mass is 9.27. The van der Waals surface area contributed by atoms with E-state index in [2.05, 4.69) is 65.8 Å². The van der Waals surface area contributed by atoms with Gasteiger partial charge in [-0.05, 0) is 88.5 Å². The van der Waals surface area contributed by atoms with Crippen LogP contribution in [0.25, 0.3) is 0 Å². The Morgan fingerprint density at radius 3 is 1.68 bits per heavy atom. The van der Waals surface area contributed by atoms with E-state index in [0.717, 1.165) is 59.5 Å². The van der Waals surface area contributed by atoms with Gasteiger partial charge in [-0.2, -0.15) is 0 Å². The predicted octanol–water partition coefficient (Wildman–Crippen LogP) is 7.35. The van der Waals surface area contributed by atoms with Gasteiger partial charge >= 0.3 is 0 Å². The summed E-state index contributed by atoms with van der Waals surface area (Å²) in [7, 11) is 1.73. The van der Waals surface area contributed by atoms with Crippen molar-refractivity contribution in [1.82, 2.24) is 0 Å². The highest BCUT2D eigenvalue weighted by Crippen LogP contribution is 2.69. The van der Waals surface area contributed by atoms with Crippen LogP contribution in [0.2, 0.25) is 11.6 Å². The van der Waals surface area contributed by atoms with E-state index in [1.165, 1.54) is 31.2 Å². The molecule has 0 aromatic heterocycles. The number of fused-ring (bicyclic) bond motifs is 4. The summed E-state index contributed by atoms with van der Waals surface area (Å²) in [4.78, 5) is 0. The first kappa shape index (κ1) is 21.9. The molecule has 170 valence electrons. The number of hydrogen-bond acceptors (Lipinski definition) is 2. The van der Waals surface area contributed by atoms with E-state index in [9.17, 15) is 0 Å². The van der Waals surface area contributed by atoms with Crippen LogP contribution in [0.15, 0.2) is 24.3 Å². The lowest BCUT2D eigenvalue weighted by Crippen LogP contribution is -2.60. The van der Waals surface area contributed by atoms with Gasteiger partial charge in [0.05, 0.1) is 13.7 Å². The largest absolute Gasteiger partial charge is 0.497 e. The molecule has 0 radical (unpaired) electrons. The highest BCUT2D eigenvalue weighted by atomic mass is 16.5. The molecule has 6 saturated carbocycles. The second-order valence-electron chi connectivity index (χ2n) is 12.9. The van der Waals surface area contributed by atoms with Crippen molar-refractivity contribution in [2.24, 2.45) is 46.3 Å². The molecule has 1 aromatic rings. The Morgan fingerprint density at radius 1 is 0.806 bits per heavy atom. The maximum absolute atomic E-state index is 6.95. The SMILES string of the molecule is COc1ccc(COB([C@@H]2C[C@@H]3C[C@H]([C@H]2C)C3(C)C)[C@@H]2C[C@@H]3C[C@H]([C@H]2C)C3(C)C)cc1. The minimum Gasteiger partial charge on any atom is -0.497 e. The van der Waals surface area contributed by atoms with Gasteiger partial charge in [0.25, 0.3) is 6.92 Å². The molecule has 0 unspecified atom stereocenters. The van der Waals surface area contributed by atoms with E-state index in [-0.39, 0.29) is 0 Å². The average Bonchev–Trinajstić information content (AvgIpc) is 2.75. The van der Waals surface area contributed by atoms with Crippen LogP contribution in [-0.4, -0.2) is 14.0 Å². The molecule has 6 aliphatic rings. The molecule has 0 saturated heterocycles. The summed E-state index contributed by atoms with van der Waals surface area (Å²) in [5.74, 6) is 7.49. The van der Waals surface area contributed by atoms with Gasteiger partial charge in [-0.3, -0.25) is 0 Å². The van der Waals surface area contributed by atoms with Crippen LogP contribution >= 0.6 is 0 Å². The lowest BCUT2D eigenvalue weighted by molar-refractivity contribution is -0.111. The van der Waals surface area contributed by atoms with Crippen molar-refractivity contribution in [3.8, 4) is 5.75 Å². The molecule has 31 heavy (non-hydrogen) atoms. The smallest absolute Gasteiger partial charge is 0.300 e. The quantitative estimate of drug-likeness (QED) is 0.446. The zero-order valence-corrected chi connectivity index (χ0v) is 20.9. The van der Waals surface area contributed by atoms with Crippen molar-refractivity contribution in [3.63, 3.8) is 0 Å². The molecule has 0 heterocycles. The number of benzene rings is 1. The third kappa shape index (κ3) is 3.32. The van der Waals surface area contributed by atoms with Gasteiger partial charge in [0.2, 0.25) is 0 Å². The van der Waals surface area contributed by atoms with E-state index < -0.39 is 0 Å². The van der Waals surface area contributed by atoms with Crippen molar-refractivity contribution in [3.05, 3.63) is 29.8 Å². The van der Waals surface area contributed by atoms with Crippen LogP contribution in [-0.2, 0) is 11.3 Å². The highest BCUT2D eigenvalue weighted by molar-refractivity contribution is 6.55. The molecule has 7 rings (SSSR count). The Hall–Kier alpha value is -0.955. The predicted molar refractivity (Wildman–Crippen MR) is 129 cm³/mol. The maximum Gasteiger partial charge on any atom is 0.300 e.